The van der Waals surface area contributed by atoms with Crippen molar-refractivity contribution < 1.29 is 14.7 Å². The topological polar surface area (TPSA) is 69.6 Å². The fourth-order valence-electron chi connectivity index (χ4n) is 1.34. The van der Waals surface area contributed by atoms with Crippen LogP contribution in [0.5, 0.6) is 0 Å². The van der Waals surface area contributed by atoms with Crippen molar-refractivity contribution in [3.05, 3.63) is 25.3 Å². The van der Waals surface area contributed by atoms with E-state index < -0.39 is 18.0 Å². The minimum atomic E-state index is -1.02. The summed E-state index contributed by atoms with van der Waals surface area (Å²) in [5, 5.41) is 11.4. The maximum absolute atomic E-state index is 11.8. The Morgan fingerprint density at radius 1 is 1.35 bits per heavy atom. The number of carboxylic acids is 1. The third-order valence-corrected chi connectivity index (χ3v) is 2.16. The number of urea groups is 1. The van der Waals surface area contributed by atoms with Gasteiger partial charge in [0.25, 0.3) is 0 Å². The molecule has 0 aliphatic rings. The van der Waals surface area contributed by atoms with Crippen LogP contribution in [0.15, 0.2) is 25.3 Å². The highest BCUT2D eigenvalue weighted by molar-refractivity contribution is 5.82. The molecule has 96 valence electrons. The highest BCUT2D eigenvalue weighted by Crippen LogP contribution is 1.99. The zero-order valence-corrected chi connectivity index (χ0v) is 10.2. The van der Waals surface area contributed by atoms with Crippen molar-refractivity contribution in [2.45, 2.75) is 25.8 Å². The molecule has 2 amide bonds. The number of aliphatic carboxylic acids is 1. The Morgan fingerprint density at radius 3 is 2.24 bits per heavy atom. The predicted octanol–water partition coefficient (Wildman–Crippen LogP) is 1.62. The van der Waals surface area contributed by atoms with E-state index in [-0.39, 0.29) is 0 Å². The number of nitrogens with zero attached hydrogens (tertiary/aromatic N) is 1. The van der Waals surface area contributed by atoms with Crippen molar-refractivity contribution >= 4 is 12.0 Å². The van der Waals surface area contributed by atoms with Gasteiger partial charge in [-0.25, -0.2) is 9.59 Å². The second-order valence-electron chi connectivity index (χ2n) is 3.61. The van der Waals surface area contributed by atoms with Gasteiger partial charge in [0.1, 0.15) is 6.04 Å². The van der Waals surface area contributed by atoms with Gasteiger partial charge in [-0.15, -0.1) is 13.2 Å². The van der Waals surface area contributed by atoms with Crippen LogP contribution < -0.4 is 5.32 Å². The van der Waals surface area contributed by atoms with E-state index in [1.807, 2.05) is 6.92 Å². The van der Waals surface area contributed by atoms with Crippen LogP contribution in [-0.4, -0.2) is 41.1 Å². The fraction of sp³-hybridized carbons (Fsp3) is 0.500. The number of hydrogen-bond acceptors (Lipinski definition) is 2. The van der Waals surface area contributed by atoms with Crippen LogP contribution in [0.4, 0.5) is 4.79 Å². The van der Waals surface area contributed by atoms with Crippen molar-refractivity contribution in [1.82, 2.24) is 10.2 Å². The summed E-state index contributed by atoms with van der Waals surface area (Å²) in [5.74, 6) is -1.02. The van der Waals surface area contributed by atoms with E-state index in [0.29, 0.717) is 25.9 Å². The van der Waals surface area contributed by atoms with Crippen LogP contribution in [0.25, 0.3) is 0 Å². The number of amides is 2. The largest absolute Gasteiger partial charge is 0.480 e. The molecule has 0 aliphatic carbocycles. The molecule has 1 atom stereocenters. The SMILES string of the molecule is C=CCN(CC=C)C(=O)N[C@H](CCC)C(=O)O. The van der Waals surface area contributed by atoms with E-state index in [2.05, 4.69) is 18.5 Å². The van der Waals surface area contributed by atoms with Gasteiger partial charge in [0.15, 0.2) is 0 Å². The summed E-state index contributed by atoms with van der Waals surface area (Å²) < 4.78 is 0. The Hall–Kier alpha value is -1.78. The van der Waals surface area contributed by atoms with Crippen LogP contribution in [0.2, 0.25) is 0 Å². The Morgan fingerprint density at radius 2 is 1.88 bits per heavy atom. The first-order chi connectivity index (χ1) is 8.06. The lowest BCUT2D eigenvalue weighted by Gasteiger charge is -2.22. The minimum Gasteiger partial charge on any atom is -0.480 e. The maximum atomic E-state index is 11.8. The number of hydrogen-bond donors (Lipinski definition) is 2. The Balaban J connectivity index is 4.48. The highest BCUT2D eigenvalue weighted by Gasteiger charge is 2.21. The number of nitrogens with one attached hydrogen (secondary N) is 1. The van der Waals surface area contributed by atoms with Gasteiger partial charge >= 0.3 is 12.0 Å². The summed E-state index contributed by atoms with van der Waals surface area (Å²) >= 11 is 0. The maximum Gasteiger partial charge on any atom is 0.326 e. The van der Waals surface area contributed by atoms with Gasteiger partial charge in [-0.3, -0.25) is 0 Å². The zero-order chi connectivity index (χ0) is 13.3. The average molecular weight is 240 g/mol. The normalized spacial score (nSPS) is 11.4. The summed E-state index contributed by atoms with van der Waals surface area (Å²) in [6, 6.07) is -1.25. The van der Waals surface area contributed by atoms with Crippen molar-refractivity contribution in [3.63, 3.8) is 0 Å². The molecule has 0 aromatic heterocycles. The van der Waals surface area contributed by atoms with Crippen LogP contribution in [0.3, 0.4) is 0 Å². The number of carboxylic acid groups (broad SMARTS) is 1. The van der Waals surface area contributed by atoms with Gasteiger partial charge in [-0.2, -0.15) is 0 Å². The van der Waals surface area contributed by atoms with E-state index in [9.17, 15) is 9.59 Å². The minimum absolute atomic E-state index is 0.357. The second kappa shape index (κ2) is 8.38. The van der Waals surface area contributed by atoms with Crippen LogP contribution in [0, 0.1) is 0 Å². The molecule has 0 rings (SSSR count). The Labute approximate surface area is 102 Å². The molecule has 17 heavy (non-hydrogen) atoms. The van der Waals surface area contributed by atoms with Gasteiger partial charge < -0.3 is 15.3 Å². The molecule has 0 saturated heterocycles. The molecule has 5 heteroatoms. The van der Waals surface area contributed by atoms with Crippen LogP contribution >= 0.6 is 0 Å². The molecule has 5 nitrogen and oxygen atoms in total. The molecule has 0 saturated carbocycles. The monoisotopic (exact) mass is 240 g/mol. The molecule has 0 bridgehead atoms. The Bertz CT molecular complexity index is 279. The lowest BCUT2D eigenvalue weighted by atomic mass is 10.2. The number of carbonyl (C=O) groups is 2. The standard InChI is InChI=1S/C12H20N2O3/c1-4-7-10(11(15)16)13-12(17)14(8-5-2)9-6-3/h5-6,10H,2-4,7-9H2,1H3,(H,13,17)(H,15,16)/t10-/m1/s1. The van der Waals surface area contributed by atoms with E-state index in [4.69, 9.17) is 5.11 Å². The van der Waals surface area contributed by atoms with Gasteiger partial charge in [0.05, 0.1) is 0 Å². The molecule has 0 fully saturated rings. The zero-order valence-electron chi connectivity index (χ0n) is 10.2. The molecule has 0 heterocycles. The number of rotatable bonds is 8. The molecule has 2 N–H and O–H groups in total. The first-order valence-electron chi connectivity index (χ1n) is 5.56. The molecular weight excluding hydrogens is 220 g/mol. The van der Waals surface area contributed by atoms with E-state index in [1.165, 1.54) is 4.90 Å². The van der Waals surface area contributed by atoms with Crippen molar-refractivity contribution in [1.29, 1.82) is 0 Å². The lowest BCUT2D eigenvalue weighted by Crippen LogP contribution is -2.48. The first-order valence-corrected chi connectivity index (χ1v) is 5.56. The highest BCUT2D eigenvalue weighted by atomic mass is 16.4. The third kappa shape index (κ3) is 5.75. The molecule has 0 radical (unpaired) electrons. The van der Waals surface area contributed by atoms with Gasteiger partial charge in [-0.1, -0.05) is 25.5 Å². The van der Waals surface area contributed by atoms with Crippen molar-refractivity contribution in [2.24, 2.45) is 0 Å². The summed E-state index contributed by atoms with van der Waals surface area (Å²) in [6.45, 7) is 9.67. The smallest absolute Gasteiger partial charge is 0.326 e. The molecule has 0 aromatic carbocycles. The predicted molar refractivity (Wildman–Crippen MR) is 66.8 cm³/mol. The molecule has 0 unspecified atom stereocenters. The molecular formula is C12H20N2O3. The van der Waals surface area contributed by atoms with Gasteiger partial charge in [0.2, 0.25) is 0 Å². The summed E-state index contributed by atoms with van der Waals surface area (Å²) in [5.41, 5.74) is 0. The molecule has 0 aromatic rings. The van der Waals surface area contributed by atoms with Gasteiger partial charge in [-0.05, 0) is 6.42 Å². The lowest BCUT2D eigenvalue weighted by molar-refractivity contribution is -0.139. The van der Waals surface area contributed by atoms with Crippen LogP contribution in [-0.2, 0) is 4.79 Å². The third-order valence-electron chi connectivity index (χ3n) is 2.16. The van der Waals surface area contributed by atoms with E-state index in [1.54, 1.807) is 12.2 Å². The van der Waals surface area contributed by atoms with Gasteiger partial charge in [0, 0.05) is 13.1 Å². The molecule has 0 aliphatic heterocycles. The fourth-order valence-corrected chi connectivity index (χ4v) is 1.34. The van der Waals surface area contributed by atoms with E-state index in [0.717, 1.165) is 0 Å². The number of carbonyl (C=O) groups excluding carboxylic acids is 1. The average Bonchev–Trinajstić information content (AvgIpc) is 2.28. The first kappa shape index (κ1) is 15.2. The van der Waals surface area contributed by atoms with E-state index >= 15 is 0 Å². The summed E-state index contributed by atoms with van der Waals surface area (Å²) in [6.07, 6.45) is 4.27. The van der Waals surface area contributed by atoms with Crippen LogP contribution in [0.1, 0.15) is 19.8 Å². The van der Waals surface area contributed by atoms with Crippen molar-refractivity contribution in [3.8, 4) is 0 Å². The summed E-state index contributed by atoms with van der Waals surface area (Å²) in [4.78, 5) is 24.1. The quantitative estimate of drug-likeness (QED) is 0.633. The summed E-state index contributed by atoms with van der Waals surface area (Å²) in [7, 11) is 0. The second-order valence-corrected chi connectivity index (χ2v) is 3.61. The molecule has 0 spiro atoms. The Kier molecular flexibility index (Phi) is 7.50. The van der Waals surface area contributed by atoms with Crippen molar-refractivity contribution in [2.75, 3.05) is 13.1 Å².